The first-order valence-corrected chi connectivity index (χ1v) is 8.79. The van der Waals surface area contributed by atoms with Crippen LogP contribution in [-0.4, -0.2) is 42.0 Å². The molecule has 1 aromatic carbocycles. The van der Waals surface area contributed by atoms with E-state index in [9.17, 15) is 9.59 Å². The maximum Gasteiger partial charge on any atom is 0.339 e. The molecule has 0 aliphatic carbocycles. The number of nitrogens with one attached hydrogen (secondary N) is 1. The predicted molar refractivity (Wildman–Crippen MR) is 102 cm³/mol. The molecule has 138 valence electrons. The molecule has 0 bridgehead atoms. The Kier molecular flexibility index (Phi) is 7.14. The summed E-state index contributed by atoms with van der Waals surface area (Å²) in [5.74, 6) is -0.462. The molecule has 1 aromatic heterocycles. The van der Waals surface area contributed by atoms with Crippen LogP contribution in [-0.2, 0) is 4.74 Å². The minimum absolute atomic E-state index is 0.0360. The second kappa shape index (κ2) is 9.56. The zero-order chi connectivity index (χ0) is 18.9. The van der Waals surface area contributed by atoms with Gasteiger partial charge in [-0.15, -0.1) is 0 Å². The minimum atomic E-state index is -0.426. The van der Waals surface area contributed by atoms with Crippen LogP contribution in [0.4, 0.5) is 11.4 Å². The third-order valence-electron chi connectivity index (χ3n) is 3.87. The molecule has 1 N–H and O–H groups in total. The molecule has 0 radical (unpaired) electrons. The molecule has 0 fully saturated rings. The summed E-state index contributed by atoms with van der Waals surface area (Å²) in [5, 5.41) is 3.15. The second-order valence-electron chi connectivity index (χ2n) is 5.92. The number of carbonyl (C=O) groups excluding carboxylic acids is 2. The summed E-state index contributed by atoms with van der Waals surface area (Å²) in [6.45, 7) is 5.54. The van der Waals surface area contributed by atoms with Gasteiger partial charge in [-0.2, -0.15) is 0 Å². The summed E-state index contributed by atoms with van der Waals surface area (Å²) in [6.07, 6.45) is 5.00. The molecule has 6 nitrogen and oxygen atoms in total. The van der Waals surface area contributed by atoms with Crippen LogP contribution >= 0.6 is 0 Å². The number of carbonyl (C=O) groups is 2. The van der Waals surface area contributed by atoms with E-state index < -0.39 is 5.97 Å². The Hall–Kier alpha value is -2.89. The Bertz CT molecular complexity index is 755. The van der Waals surface area contributed by atoms with Crippen molar-refractivity contribution < 1.29 is 14.3 Å². The third kappa shape index (κ3) is 4.81. The number of hydrogen-bond donors (Lipinski definition) is 1. The van der Waals surface area contributed by atoms with Crippen molar-refractivity contribution in [1.82, 2.24) is 9.88 Å². The first-order chi connectivity index (χ1) is 12.6. The van der Waals surface area contributed by atoms with Crippen LogP contribution in [0.1, 0.15) is 47.4 Å². The molecule has 0 aliphatic heterocycles. The van der Waals surface area contributed by atoms with E-state index in [2.05, 4.69) is 24.1 Å². The Balaban J connectivity index is 2.25. The first-order valence-electron chi connectivity index (χ1n) is 8.79. The average molecular weight is 355 g/mol. The molecule has 0 saturated heterocycles. The fraction of sp³-hybridized carbons (Fsp3) is 0.350. The van der Waals surface area contributed by atoms with Crippen LogP contribution < -0.4 is 5.32 Å². The van der Waals surface area contributed by atoms with Crippen molar-refractivity contribution >= 4 is 23.3 Å². The van der Waals surface area contributed by atoms with Gasteiger partial charge in [0.05, 0.1) is 35.8 Å². The summed E-state index contributed by atoms with van der Waals surface area (Å²) in [6, 6.07) is 8.80. The number of pyridine rings is 1. The quantitative estimate of drug-likeness (QED) is 0.728. The second-order valence-corrected chi connectivity index (χ2v) is 5.92. The summed E-state index contributed by atoms with van der Waals surface area (Å²) in [7, 11) is 1.34. The lowest BCUT2D eigenvalue weighted by Gasteiger charge is -2.21. The smallest absolute Gasteiger partial charge is 0.339 e. The molecule has 2 aromatic rings. The lowest BCUT2D eigenvalue weighted by molar-refractivity contribution is 0.0601. The maximum atomic E-state index is 12.7. The average Bonchev–Trinajstić information content (AvgIpc) is 2.67. The largest absolute Gasteiger partial charge is 0.465 e. The molecule has 0 saturated carbocycles. The summed E-state index contributed by atoms with van der Waals surface area (Å²) in [4.78, 5) is 30.6. The number of amides is 1. The van der Waals surface area contributed by atoms with Crippen molar-refractivity contribution in [2.45, 2.75) is 26.7 Å². The van der Waals surface area contributed by atoms with Gasteiger partial charge >= 0.3 is 5.97 Å². The zero-order valence-corrected chi connectivity index (χ0v) is 15.5. The van der Waals surface area contributed by atoms with Gasteiger partial charge < -0.3 is 15.0 Å². The van der Waals surface area contributed by atoms with Crippen molar-refractivity contribution in [3.05, 3.63) is 53.9 Å². The Labute approximate surface area is 154 Å². The van der Waals surface area contributed by atoms with Gasteiger partial charge in [-0.3, -0.25) is 9.78 Å². The molecule has 6 heteroatoms. The highest BCUT2D eigenvalue weighted by Gasteiger charge is 2.16. The van der Waals surface area contributed by atoms with Gasteiger partial charge in [-0.05, 0) is 31.0 Å². The van der Waals surface area contributed by atoms with Crippen molar-refractivity contribution in [1.29, 1.82) is 0 Å². The lowest BCUT2D eigenvalue weighted by atomic mass is 10.1. The number of aromatic nitrogens is 1. The highest BCUT2D eigenvalue weighted by atomic mass is 16.5. The molecular weight excluding hydrogens is 330 g/mol. The van der Waals surface area contributed by atoms with Gasteiger partial charge in [0.2, 0.25) is 0 Å². The van der Waals surface area contributed by atoms with Crippen molar-refractivity contribution in [3.8, 4) is 0 Å². The first kappa shape index (κ1) is 19.4. The van der Waals surface area contributed by atoms with Gasteiger partial charge in [0.25, 0.3) is 5.91 Å². The van der Waals surface area contributed by atoms with Gasteiger partial charge in [0.15, 0.2) is 0 Å². The molecule has 0 unspecified atom stereocenters. The Morgan fingerprint density at radius 1 is 1.12 bits per heavy atom. The van der Waals surface area contributed by atoms with E-state index in [1.807, 2.05) is 11.0 Å². The van der Waals surface area contributed by atoms with Crippen molar-refractivity contribution in [3.63, 3.8) is 0 Å². The predicted octanol–water partition coefficient (Wildman–Crippen LogP) is 3.87. The fourth-order valence-corrected chi connectivity index (χ4v) is 2.70. The minimum Gasteiger partial charge on any atom is -0.465 e. The van der Waals surface area contributed by atoms with E-state index in [1.54, 1.807) is 36.7 Å². The van der Waals surface area contributed by atoms with Crippen LogP contribution in [0.2, 0.25) is 0 Å². The van der Waals surface area contributed by atoms with Crippen LogP contribution in [0.25, 0.3) is 0 Å². The standard InChI is InChI=1S/C20H25N3O3/c1-4-10-23(11-5-2)19(24)15-12-16(14-21-13-15)22-18-9-7-6-8-17(18)20(25)26-3/h6-9,12-14,22H,4-5,10-11H2,1-3H3. The molecule has 2 rings (SSSR count). The van der Waals surface area contributed by atoms with Crippen molar-refractivity contribution in [2.24, 2.45) is 0 Å². The van der Waals surface area contributed by atoms with Gasteiger partial charge in [-0.25, -0.2) is 4.79 Å². The van der Waals surface area contributed by atoms with E-state index in [-0.39, 0.29) is 5.91 Å². The SMILES string of the molecule is CCCN(CCC)C(=O)c1cncc(Nc2ccccc2C(=O)OC)c1. The highest BCUT2D eigenvalue weighted by molar-refractivity contribution is 5.97. The van der Waals surface area contributed by atoms with Crippen LogP contribution in [0, 0.1) is 0 Å². The number of anilines is 2. The van der Waals surface area contributed by atoms with Crippen LogP contribution in [0.5, 0.6) is 0 Å². The number of nitrogens with zero attached hydrogens (tertiary/aromatic N) is 2. The van der Waals surface area contributed by atoms with Crippen LogP contribution in [0.3, 0.4) is 0 Å². The van der Waals surface area contributed by atoms with E-state index in [4.69, 9.17) is 4.74 Å². The van der Waals surface area contributed by atoms with Gasteiger partial charge in [0, 0.05) is 19.3 Å². The Morgan fingerprint density at radius 2 is 1.81 bits per heavy atom. The number of rotatable bonds is 8. The molecular formula is C20H25N3O3. The highest BCUT2D eigenvalue weighted by Crippen LogP contribution is 2.22. The summed E-state index contributed by atoms with van der Waals surface area (Å²) >= 11 is 0. The van der Waals surface area contributed by atoms with E-state index in [0.717, 1.165) is 25.9 Å². The number of ether oxygens (including phenoxy) is 1. The fourth-order valence-electron chi connectivity index (χ4n) is 2.70. The summed E-state index contributed by atoms with van der Waals surface area (Å²) in [5.41, 5.74) is 2.18. The molecule has 1 heterocycles. The van der Waals surface area contributed by atoms with Crippen molar-refractivity contribution in [2.75, 3.05) is 25.5 Å². The number of methoxy groups -OCH3 is 1. The lowest BCUT2D eigenvalue weighted by Crippen LogP contribution is -2.32. The number of esters is 1. The molecule has 26 heavy (non-hydrogen) atoms. The number of para-hydroxylation sites is 1. The zero-order valence-electron chi connectivity index (χ0n) is 15.5. The Morgan fingerprint density at radius 3 is 2.46 bits per heavy atom. The van der Waals surface area contributed by atoms with E-state index in [1.165, 1.54) is 7.11 Å². The monoisotopic (exact) mass is 355 g/mol. The number of benzene rings is 1. The van der Waals surface area contributed by atoms with Gasteiger partial charge in [-0.1, -0.05) is 26.0 Å². The molecule has 1 amide bonds. The molecule has 0 aliphatic rings. The van der Waals surface area contributed by atoms with Crippen LogP contribution in [0.15, 0.2) is 42.7 Å². The van der Waals surface area contributed by atoms with E-state index in [0.29, 0.717) is 22.5 Å². The third-order valence-corrected chi connectivity index (χ3v) is 3.87. The molecule has 0 atom stereocenters. The normalized spacial score (nSPS) is 10.3. The van der Waals surface area contributed by atoms with E-state index >= 15 is 0 Å². The number of hydrogen-bond acceptors (Lipinski definition) is 5. The van der Waals surface area contributed by atoms with Gasteiger partial charge in [0.1, 0.15) is 0 Å². The topological polar surface area (TPSA) is 71.5 Å². The maximum absolute atomic E-state index is 12.7. The summed E-state index contributed by atoms with van der Waals surface area (Å²) < 4.78 is 4.81. The molecule has 0 spiro atoms.